The van der Waals surface area contributed by atoms with E-state index in [1.807, 2.05) is 12.1 Å². The summed E-state index contributed by atoms with van der Waals surface area (Å²) in [5, 5.41) is 7.01. The molecule has 3 unspecified atom stereocenters. The highest BCUT2D eigenvalue weighted by atomic mass is 31.1. The zero-order valence-corrected chi connectivity index (χ0v) is 20.3. The fraction of sp³-hybridized carbons (Fsp3) is 0.583. The van der Waals surface area contributed by atoms with E-state index in [1.165, 1.54) is 0 Å². The minimum absolute atomic E-state index is 0.316. The van der Waals surface area contributed by atoms with E-state index < -0.39 is 8.25 Å². The van der Waals surface area contributed by atoms with Gasteiger partial charge in [-0.15, -0.1) is 0 Å². The van der Waals surface area contributed by atoms with Crippen LogP contribution in [0.5, 0.6) is 11.8 Å². The van der Waals surface area contributed by atoms with Crippen LogP contribution in [-0.2, 0) is 24.0 Å². The largest absolute Gasteiger partial charge is 0.808 e. The third kappa shape index (κ3) is 5.96. The number of fused-ring (bicyclic) bond motifs is 2. The van der Waals surface area contributed by atoms with Crippen LogP contribution in [-0.4, -0.2) is 22.6 Å². The van der Waals surface area contributed by atoms with Crippen LogP contribution < -0.4 is 19.7 Å². The van der Waals surface area contributed by atoms with Gasteiger partial charge < -0.3 is 10.6 Å². The van der Waals surface area contributed by atoms with E-state index in [0.717, 1.165) is 61.4 Å². The van der Waals surface area contributed by atoms with Crippen molar-refractivity contribution in [3.05, 3.63) is 41.2 Å². The van der Waals surface area contributed by atoms with Gasteiger partial charge in [-0.1, -0.05) is 33.8 Å². The molecule has 0 fully saturated rings. The van der Waals surface area contributed by atoms with E-state index in [-0.39, 0.29) is 0 Å². The molecular weight excluding hydrogens is 423 g/mol. The summed E-state index contributed by atoms with van der Waals surface area (Å²) in [6.07, 6.45) is 3.99. The average molecular weight is 458 g/mol. The molecule has 0 saturated carbocycles. The lowest BCUT2D eigenvalue weighted by molar-refractivity contribution is 0.384. The molecular formula is C24H34N4O3P+. The molecule has 2 N–H and O–H groups in total. The molecule has 0 radical (unpaired) electrons. The fourth-order valence-corrected chi connectivity index (χ4v) is 5.19. The van der Waals surface area contributed by atoms with Gasteiger partial charge in [0.2, 0.25) is 0 Å². The Bertz CT molecular complexity index is 891. The molecule has 2 aromatic rings. The van der Waals surface area contributed by atoms with Gasteiger partial charge in [-0.2, -0.15) is 0 Å². The molecule has 8 heteroatoms. The zero-order valence-electron chi connectivity index (χ0n) is 19.4. The topological polar surface area (TPSA) is 85.4 Å². The lowest BCUT2D eigenvalue weighted by Gasteiger charge is -2.26. The van der Waals surface area contributed by atoms with Gasteiger partial charge in [0.1, 0.15) is 0 Å². The number of aromatic nitrogens is 2. The molecule has 172 valence electrons. The Morgan fingerprint density at radius 2 is 1.66 bits per heavy atom. The van der Waals surface area contributed by atoms with Crippen molar-refractivity contribution in [2.75, 3.05) is 11.9 Å². The van der Waals surface area contributed by atoms with Crippen LogP contribution in [0.1, 0.15) is 57.5 Å². The SMILES string of the molecule is CC(C)CC1CNc2ccc(O[P+](=O)Oc3ccc4c(n3)CC(CC(C)C)NC4)nc2C1. The van der Waals surface area contributed by atoms with Crippen LogP contribution in [0, 0.1) is 17.8 Å². The van der Waals surface area contributed by atoms with E-state index in [0.29, 0.717) is 35.6 Å². The highest BCUT2D eigenvalue weighted by Gasteiger charge is 2.29. The van der Waals surface area contributed by atoms with Gasteiger partial charge in [0.25, 0.3) is 11.8 Å². The monoisotopic (exact) mass is 457 g/mol. The maximum atomic E-state index is 12.5. The second-order valence-electron chi connectivity index (χ2n) is 9.80. The molecule has 7 nitrogen and oxygen atoms in total. The molecule has 0 amide bonds. The highest BCUT2D eigenvalue weighted by molar-refractivity contribution is 7.34. The Kier molecular flexibility index (Phi) is 7.27. The van der Waals surface area contributed by atoms with Crippen LogP contribution in [0.15, 0.2) is 24.3 Å². The minimum atomic E-state index is -2.42. The molecule has 0 bridgehead atoms. The Morgan fingerprint density at radius 1 is 0.969 bits per heavy atom. The summed E-state index contributed by atoms with van der Waals surface area (Å²) < 4.78 is 23.6. The van der Waals surface area contributed by atoms with Gasteiger partial charge in [0.05, 0.1) is 17.1 Å². The summed E-state index contributed by atoms with van der Waals surface area (Å²) >= 11 is 0. The molecule has 4 rings (SSSR count). The highest BCUT2D eigenvalue weighted by Crippen LogP contribution is 2.33. The number of anilines is 1. The van der Waals surface area contributed by atoms with Crippen molar-refractivity contribution < 1.29 is 13.6 Å². The summed E-state index contributed by atoms with van der Waals surface area (Å²) in [6, 6.07) is 7.81. The predicted molar refractivity (Wildman–Crippen MR) is 126 cm³/mol. The molecule has 0 aliphatic carbocycles. The van der Waals surface area contributed by atoms with E-state index in [1.54, 1.807) is 12.1 Å². The molecule has 2 aliphatic rings. The molecule has 2 aliphatic heterocycles. The second kappa shape index (κ2) is 10.1. The van der Waals surface area contributed by atoms with Gasteiger partial charge in [-0.05, 0) is 48.6 Å². The van der Waals surface area contributed by atoms with Gasteiger partial charge in [-0.3, -0.25) is 0 Å². The first-order valence-electron chi connectivity index (χ1n) is 11.6. The van der Waals surface area contributed by atoms with Crippen molar-refractivity contribution in [2.24, 2.45) is 17.8 Å². The van der Waals surface area contributed by atoms with Crippen LogP contribution in [0.25, 0.3) is 0 Å². The minimum Gasteiger partial charge on any atom is -0.383 e. The van der Waals surface area contributed by atoms with Gasteiger partial charge in [-0.25, -0.2) is 19.0 Å². The first-order chi connectivity index (χ1) is 15.4. The smallest absolute Gasteiger partial charge is 0.383 e. The Balaban J connectivity index is 1.37. The molecule has 2 aromatic heterocycles. The van der Waals surface area contributed by atoms with Crippen molar-refractivity contribution in [1.82, 2.24) is 15.3 Å². The average Bonchev–Trinajstić information content (AvgIpc) is 2.72. The third-order valence-corrected chi connectivity index (χ3v) is 6.64. The number of nitrogens with zero attached hydrogens (tertiary/aromatic N) is 2. The van der Waals surface area contributed by atoms with Crippen LogP contribution >= 0.6 is 8.25 Å². The molecule has 0 aromatic carbocycles. The maximum Gasteiger partial charge on any atom is 0.808 e. The van der Waals surface area contributed by atoms with Crippen LogP contribution in [0.3, 0.4) is 0 Å². The number of hydrogen-bond donors (Lipinski definition) is 2. The Hall–Kier alpha value is -2.24. The predicted octanol–water partition coefficient (Wildman–Crippen LogP) is 5.28. The van der Waals surface area contributed by atoms with E-state index in [9.17, 15) is 4.57 Å². The van der Waals surface area contributed by atoms with Crippen molar-refractivity contribution >= 4 is 13.9 Å². The van der Waals surface area contributed by atoms with E-state index in [2.05, 4.69) is 48.3 Å². The summed E-state index contributed by atoms with van der Waals surface area (Å²) in [7, 11) is -2.42. The van der Waals surface area contributed by atoms with E-state index >= 15 is 0 Å². The molecule has 0 spiro atoms. The number of pyridine rings is 2. The lowest BCUT2D eigenvalue weighted by atomic mass is 9.90. The van der Waals surface area contributed by atoms with Gasteiger partial charge >= 0.3 is 8.25 Å². The van der Waals surface area contributed by atoms with Crippen LogP contribution in [0.2, 0.25) is 0 Å². The molecule has 0 saturated heterocycles. The van der Waals surface area contributed by atoms with E-state index in [4.69, 9.17) is 9.05 Å². The third-order valence-electron chi connectivity index (χ3n) is 5.97. The van der Waals surface area contributed by atoms with Gasteiger partial charge in [0, 0.05) is 42.2 Å². The first kappa shape index (κ1) is 22.9. The first-order valence-corrected chi connectivity index (χ1v) is 12.7. The second-order valence-corrected chi connectivity index (χ2v) is 10.6. The lowest BCUT2D eigenvalue weighted by Crippen LogP contribution is -2.37. The fourth-order valence-electron chi connectivity index (χ4n) is 4.65. The Morgan fingerprint density at radius 3 is 2.38 bits per heavy atom. The normalized spacial score (nSPS) is 20.4. The summed E-state index contributed by atoms with van der Waals surface area (Å²) in [5.41, 5.74) is 4.14. The molecule has 32 heavy (non-hydrogen) atoms. The number of rotatable bonds is 8. The van der Waals surface area contributed by atoms with Crippen LogP contribution in [0.4, 0.5) is 5.69 Å². The quantitative estimate of drug-likeness (QED) is 0.522. The molecule has 4 heterocycles. The summed E-state index contributed by atoms with van der Waals surface area (Å²) in [6.45, 7) is 10.7. The maximum absolute atomic E-state index is 12.5. The van der Waals surface area contributed by atoms with Crippen molar-refractivity contribution in [3.8, 4) is 11.8 Å². The Labute approximate surface area is 191 Å². The number of hydrogen-bond acceptors (Lipinski definition) is 7. The molecule has 3 atom stereocenters. The van der Waals surface area contributed by atoms with Crippen molar-refractivity contribution in [3.63, 3.8) is 0 Å². The van der Waals surface area contributed by atoms with Crippen molar-refractivity contribution in [1.29, 1.82) is 0 Å². The zero-order chi connectivity index (χ0) is 22.7. The summed E-state index contributed by atoms with van der Waals surface area (Å²) in [5.74, 6) is 2.45. The van der Waals surface area contributed by atoms with Gasteiger partial charge in [0.15, 0.2) is 0 Å². The summed E-state index contributed by atoms with van der Waals surface area (Å²) in [4.78, 5) is 9.19. The standard InChI is InChI=1S/C24H34N4O3P/c1-15(2)9-17-11-22-20(26-13-17)6-8-24(28-22)31-32(29)30-23-7-5-18-14-25-19(10-16(3)4)12-21(18)27-23/h5-8,15-17,19,25-26H,9-14H2,1-4H3/q+1. The number of nitrogens with one attached hydrogen (secondary N) is 2. The van der Waals surface area contributed by atoms with Crippen molar-refractivity contribution in [2.45, 2.75) is 66.0 Å².